The van der Waals surface area contributed by atoms with Gasteiger partial charge in [-0.25, -0.2) is 0 Å². The molecule has 0 radical (unpaired) electrons. The van der Waals surface area contributed by atoms with E-state index in [9.17, 15) is 26.3 Å². The summed E-state index contributed by atoms with van der Waals surface area (Å²) in [5.74, 6) is 0. The zero-order chi connectivity index (χ0) is 17.5. The highest BCUT2D eigenvalue weighted by molar-refractivity contribution is 6.61. The van der Waals surface area contributed by atoms with Gasteiger partial charge in [0.15, 0.2) is 0 Å². The van der Waals surface area contributed by atoms with Crippen molar-refractivity contribution in [1.29, 1.82) is 0 Å². The summed E-state index contributed by atoms with van der Waals surface area (Å²) in [6.45, 7) is -2.94. The van der Waals surface area contributed by atoms with Gasteiger partial charge < -0.3 is 14.6 Å². The van der Waals surface area contributed by atoms with Gasteiger partial charge in [0, 0.05) is 0 Å². The molecule has 0 aliphatic heterocycles. The van der Waals surface area contributed by atoms with Crippen molar-refractivity contribution < 1.29 is 35.2 Å². The van der Waals surface area contributed by atoms with Crippen LogP contribution >= 0.6 is 0 Å². The summed E-state index contributed by atoms with van der Waals surface area (Å²) in [7, 11) is -3.35. The number of nitrogens with two attached hydrogens (primary N) is 1. The van der Waals surface area contributed by atoms with E-state index in [0.29, 0.717) is 24.9 Å². The highest BCUT2D eigenvalue weighted by atomic mass is 28.3. The zero-order valence-corrected chi connectivity index (χ0v) is 13.2. The van der Waals surface area contributed by atoms with E-state index in [1.54, 1.807) is 12.1 Å². The van der Waals surface area contributed by atoms with Gasteiger partial charge in [-0.1, -0.05) is 24.3 Å². The third-order valence-corrected chi connectivity index (χ3v) is 4.77. The van der Waals surface area contributed by atoms with E-state index in [4.69, 9.17) is 5.73 Å². The summed E-state index contributed by atoms with van der Waals surface area (Å²) in [5, 5.41) is 0.273. The highest BCUT2D eigenvalue weighted by Crippen LogP contribution is 2.18. The minimum Gasteiger partial charge on any atom is -0.384 e. The van der Waals surface area contributed by atoms with Crippen LogP contribution in [0.25, 0.3) is 0 Å². The maximum Gasteiger partial charge on any atom is 0.410 e. The molecule has 0 saturated heterocycles. The van der Waals surface area contributed by atoms with Crippen LogP contribution in [0.2, 0.25) is 0 Å². The molecule has 3 nitrogen and oxygen atoms in total. The summed E-state index contributed by atoms with van der Waals surface area (Å²) in [4.78, 5) is 0. The second kappa shape index (κ2) is 8.67. The van der Waals surface area contributed by atoms with Gasteiger partial charge in [0.1, 0.15) is 13.2 Å². The predicted octanol–water partition coefficient (Wildman–Crippen LogP) is 2.16. The lowest BCUT2D eigenvalue weighted by molar-refractivity contribution is -0.167. The molecule has 1 aromatic rings. The Balaban J connectivity index is 2.93. The minimum absolute atomic E-state index is 0.273. The van der Waals surface area contributed by atoms with Crippen LogP contribution in [0.1, 0.15) is 12.0 Å². The third-order valence-electron chi connectivity index (χ3n) is 2.76. The first-order chi connectivity index (χ1) is 10.6. The monoisotopic (exact) mass is 361 g/mol. The molecule has 10 heteroatoms. The molecule has 0 atom stereocenters. The number of halogens is 6. The van der Waals surface area contributed by atoms with Gasteiger partial charge in [0.25, 0.3) is 0 Å². The standard InChI is InChI=1S/C13H17F6NO2Si/c14-12(15,16)8-21-23(22-9-13(17,18)19)11-6-2-1-4-10(11)5-3-7-20/h1-2,4,6,23H,3,5,7-9,20H2. The molecule has 0 heterocycles. The molecule has 0 unspecified atom stereocenters. The second-order valence-corrected chi connectivity index (χ2v) is 6.73. The fraction of sp³-hybridized carbons (Fsp3) is 0.538. The van der Waals surface area contributed by atoms with Crippen molar-refractivity contribution in [3.8, 4) is 0 Å². The molecule has 0 aliphatic carbocycles. The smallest absolute Gasteiger partial charge is 0.384 e. The average molecular weight is 361 g/mol. The van der Waals surface area contributed by atoms with Crippen LogP contribution in [0.15, 0.2) is 24.3 Å². The lowest BCUT2D eigenvalue weighted by Crippen LogP contribution is -2.43. The molecule has 0 fully saturated rings. The molecule has 2 N–H and O–H groups in total. The number of hydrogen-bond donors (Lipinski definition) is 1. The van der Waals surface area contributed by atoms with Crippen molar-refractivity contribution in [3.05, 3.63) is 29.8 Å². The first-order valence-corrected chi connectivity index (χ1v) is 8.29. The minimum atomic E-state index is -4.64. The Labute approximate surface area is 131 Å². The number of alkyl halides is 6. The first-order valence-electron chi connectivity index (χ1n) is 6.77. The van der Waals surface area contributed by atoms with E-state index in [2.05, 4.69) is 8.85 Å². The molecular weight excluding hydrogens is 344 g/mol. The van der Waals surface area contributed by atoms with Gasteiger partial charge in [-0.2, -0.15) is 26.3 Å². The quantitative estimate of drug-likeness (QED) is 0.570. The Hall–Kier alpha value is -1.10. The molecule has 1 aromatic carbocycles. The summed E-state index contributed by atoms with van der Waals surface area (Å²) in [5.41, 5.74) is 5.98. The Morgan fingerprint density at radius 2 is 1.43 bits per heavy atom. The second-order valence-electron chi connectivity index (χ2n) is 4.78. The van der Waals surface area contributed by atoms with Crippen molar-refractivity contribution >= 4 is 14.5 Å². The normalized spacial score (nSPS) is 12.9. The van der Waals surface area contributed by atoms with Crippen LogP contribution in [-0.4, -0.2) is 41.4 Å². The molecule has 0 spiro atoms. The van der Waals surface area contributed by atoms with E-state index in [1.165, 1.54) is 12.1 Å². The fourth-order valence-corrected chi connectivity index (χ4v) is 3.80. The van der Waals surface area contributed by atoms with Gasteiger partial charge >= 0.3 is 21.6 Å². The molecule has 0 aromatic heterocycles. The fourth-order valence-electron chi connectivity index (χ4n) is 1.85. The van der Waals surface area contributed by atoms with Gasteiger partial charge in [-0.05, 0) is 30.1 Å². The van der Waals surface area contributed by atoms with Gasteiger partial charge in [-0.3, -0.25) is 0 Å². The molecular formula is C13H17F6NO2Si. The van der Waals surface area contributed by atoms with Crippen LogP contribution in [0.4, 0.5) is 26.3 Å². The first kappa shape index (κ1) is 19.9. The molecule has 1 rings (SSSR count). The maximum atomic E-state index is 12.3. The average Bonchev–Trinajstić information content (AvgIpc) is 2.43. The van der Waals surface area contributed by atoms with Crippen LogP contribution in [0, 0.1) is 0 Å². The van der Waals surface area contributed by atoms with E-state index in [1.807, 2.05) is 0 Å². The Kier molecular flexibility index (Phi) is 7.51. The number of hydrogen-bond acceptors (Lipinski definition) is 3. The van der Waals surface area contributed by atoms with E-state index >= 15 is 0 Å². The number of aryl methyl sites for hydroxylation is 1. The summed E-state index contributed by atoms with van der Waals surface area (Å²) in [6.07, 6.45) is -8.30. The molecule has 0 aliphatic rings. The molecule has 23 heavy (non-hydrogen) atoms. The molecule has 0 amide bonds. The van der Waals surface area contributed by atoms with Crippen molar-refractivity contribution in [2.45, 2.75) is 25.2 Å². The summed E-state index contributed by atoms with van der Waals surface area (Å²) < 4.78 is 83.2. The van der Waals surface area contributed by atoms with Gasteiger partial charge in [-0.15, -0.1) is 0 Å². The van der Waals surface area contributed by atoms with Crippen LogP contribution in [0.5, 0.6) is 0 Å². The molecule has 132 valence electrons. The van der Waals surface area contributed by atoms with Crippen molar-refractivity contribution in [3.63, 3.8) is 0 Å². The van der Waals surface area contributed by atoms with Gasteiger partial charge in [0.2, 0.25) is 0 Å². The number of benzene rings is 1. The predicted molar refractivity (Wildman–Crippen MR) is 74.6 cm³/mol. The van der Waals surface area contributed by atoms with E-state index in [0.717, 1.165) is 0 Å². The SMILES string of the molecule is NCCCc1ccccc1[SiH](OCC(F)(F)F)OCC(F)(F)F. The summed E-state index contributed by atoms with van der Waals surface area (Å²) in [6, 6.07) is 6.23. The zero-order valence-electron chi connectivity index (χ0n) is 12.1. The Bertz CT molecular complexity index is 462. The van der Waals surface area contributed by atoms with Crippen molar-refractivity contribution in [2.75, 3.05) is 19.8 Å². The van der Waals surface area contributed by atoms with Crippen molar-refractivity contribution in [2.24, 2.45) is 5.73 Å². The number of rotatable bonds is 8. The van der Waals surface area contributed by atoms with Crippen LogP contribution in [-0.2, 0) is 15.3 Å². The molecule has 0 saturated carbocycles. The Morgan fingerprint density at radius 1 is 0.913 bits per heavy atom. The third kappa shape index (κ3) is 8.35. The highest BCUT2D eigenvalue weighted by Gasteiger charge is 2.35. The van der Waals surface area contributed by atoms with Crippen molar-refractivity contribution in [1.82, 2.24) is 0 Å². The van der Waals surface area contributed by atoms with Crippen LogP contribution < -0.4 is 10.9 Å². The lowest BCUT2D eigenvalue weighted by Gasteiger charge is -2.21. The summed E-state index contributed by atoms with van der Waals surface area (Å²) >= 11 is 0. The van der Waals surface area contributed by atoms with Crippen LogP contribution in [0.3, 0.4) is 0 Å². The molecule has 0 bridgehead atoms. The topological polar surface area (TPSA) is 44.5 Å². The van der Waals surface area contributed by atoms with E-state index in [-0.39, 0.29) is 5.19 Å². The van der Waals surface area contributed by atoms with E-state index < -0.39 is 34.9 Å². The largest absolute Gasteiger partial charge is 0.410 e. The lowest BCUT2D eigenvalue weighted by atomic mass is 10.1. The van der Waals surface area contributed by atoms with Gasteiger partial charge in [0.05, 0.1) is 0 Å². The maximum absolute atomic E-state index is 12.3. The Morgan fingerprint density at radius 3 is 1.91 bits per heavy atom.